The molecule has 38 heavy (non-hydrogen) atoms. The van der Waals surface area contributed by atoms with E-state index in [1.54, 1.807) is 18.7 Å². The number of urea groups is 2. The van der Waals surface area contributed by atoms with Crippen LogP contribution in [0.25, 0.3) is 0 Å². The SMILES string of the molecule is CCOC(=O)C1=C(CN2CCN(C(=O)NC(C)C)[C@@H](C)C2)N(CC)C(=O)N[C@H]1c1ccccc1C(F)(F)F. The quantitative estimate of drug-likeness (QED) is 0.515. The van der Waals surface area contributed by atoms with E-state index in [1.165, 1.54) is 23.1 Å². The largest absolute Gasteiger partial charge is 0.463 e. The maximum Gasteiger partial charge on any atom is 0.416 e. The van der Waals surface area contributed by atoms with E-state index >= 15 is 0 Å². The highest BCUT2D eigenvalue weighted by molar-refractivity contribution is 5.95. The van der Waals surface area contributed by atoms with Crippen LogP contribution < -0.4 is 10.6 Å². The molecule has 1 aromatic carbocycles. The van der Waals surface area contributed by atoms with Gasteiger partial charge in [-0.15, -0.1) is 0 Å². The van der Waals surface area contributed by atoms with Crippen molar-refractivity contribution >= 4 is 18.0 Å². The number of hydrogen-bond donors (Lipinski definition) is 2. The Bertz CT molecular complexity index is 1080. The summed E-state index contributed by atoms with van der Waals surface area (Å²) in [5, 5.41) is 5.48. The van der Waals surface area contributed by atoms with E-state index in [1.807, 2.05) is 25.7 Å². The number of nitrogens with zero attached hydrogens (tertiary/aromatic N) is 3. The maximum absolute atomic E-state index is 13.9. The second-order valence-electron chi connectivity index (χ2n) is 9.67. The third-order valence-corrected chi connectivity index (χ3v) is 6.59. The van der Waals surface area contributed by atoms with Crippen LogP contribution in [0.4, 0.5) is 22.8 Å². The van der Waals surface area contributed by atoms with Crippen molar-refractivity contribution in [2.24, 2.45) is 0 Å². The molecule has 1 saturated heterocycles. The molecular weight excluding hydrogens is 503 g/mol. The summed E-state index contributed by atoms with van der Waals surface area (Å²) in [6, 6.07) is 2.61. The van der Waals surface area contributed by atoms with Gasteiger partial charge in [0.1, 0.15) is 0 Å². The highest BCUT2D eigenvalue weighted by Gasteiger charge is 2.43. The first kappa shape index (κ1) is 29.3. The zero-order valence-electron chi connectivity index (χ0n) is 22.4. The van der Waals surface area contributed by atoms with Crippen molar-refractivity contribution in [1.29, 1.82) is 0 Å². The molecule has 2 atom stereocenters. The van der Waals surface area contributed by atoms with Gasteiger partial charge in [-0.05, 0) is 46.2 Å². The summed E-state index contributed by atoms with van der Waals surface area (Å²) in [6.07, 6.45) is -4.69. The Morgan fingerprint density at radius 1 is 1.18 bits per heavy atom. The predicted molar refractivity (Wildman–Crippen MR) is 135 cm³/mol. The van der Waals surface area contributed by atoms with E-state index < -0.39 is 29.8 Å². The summed E-state index contributed by atoms with van der Waals surface area (Å²) in [6.45, 7) is 10.7. The van der Waals surface area contributed by atoms with Crippen LogP contribution in [-0.2, 0) is 15.7 Å². The Kier molecular flexibility index (Phi) is 9.29. The van der Waals surface area contributed by atoms with Gasteiger partial charge in [-0.1, -0.05) is 18.2 Å². The van der Waals surface area contributed by atoms with Gasteiger partial charge in [0.15, 0.2) is 0 Å². The first-order chi connectivity index (χ1) is 17.9. The van der Waals surface area contributed by atoms with Crippen LogP contribution in [0.2, 0.25) is 0 Å². The van der Waals surface area contributed by atoms with Crippen molar-refractivity contribution in [2.45, 2.75) is 58.9 Å². The van der Waals surface area contributed by atoms with Crippen molar-refractivity contribution < 1.29 is 32.3 Å². The number of alkyl halides is 3. The van der Waals surface area contributed by atoms with E-state index in [-0.39, 0.29) is 48.9 Å². The van der Waals surface area contributed by atoms with E-state index in [9.17, 15) is 27.6 Å². The fourth-order valence-corrected chi connectivity index (χ4v) is 4.92. The summed E-state index contributed by atoms with van der Waals surface area (Å²) in [5.74, 6) is -0.786. The summed E-state index contributed by atoms with van der Waals surface area (Å²) >= 11 is 0. The van der Waals surface area contributed by atoms with Gasteiger partial charge in [-0.2, -0.15) is 13.2 Å². The first-order valence-corrected chi connectivity index (χ1v) is 12.8. The Morgan fingerprint density at radius 2 is 1.87 bits per heavy atom. The maximum atomic E-state index is 13.9. The minimum absolute atomic E-state index is 0.0135. The topological polar surface area (TPSA) is 94.2 Å². The molecule has 0 saturated carbocycles. The summed E-state index contributed by atoms with van der Waals surface area (Å²) < 4.78 is 47.0. The van der Waals surface area contributed by atoms with E-state index in [4.69, 9.17) is 4.74 Å². The number of likely N-dealkylation sites (N-methyl/N-ethyl adjacent to an activating group) is 1. The Hall–Kier alpha value is -3.28. The highest BCUT2D eigenvalue weighted by atomic mass is 19.4. The number of hydrogen-bond acceptors (Lipinski definition) is 5. The van der Waals surface area contributed by atoms with Gasteiger partial charge >= 0.3 is 24.2 Å². The van der Waals surface area contributed by atoms with E-state index in [0.717, 1.165) is 6.07 Å². The van der Waals surface area contributed by atoms with Crippen LogP contribution in [0, 0.1) is 0 Å². The number of amides is 4. The van der Waals surface area contributed by atoms with Crippen LogP contribution >= 0.6 is 0 Å². The Balaban J connectivity index is 2.03. The molecule has 12 heteroatoms. The second kappa shape index (κ2) is 12.1. The van der Waals surface area contributed by atoms with E-state index in [0.29, 0.717) is 25.3 Å². The smallest absolute Gasteiger partial charge is 0.416 e. The predicted octanol–water partition coefficient (Wildman–Crippen LogP) is 3.73. The fraction of sp³-hybridized carbons (Fsp3) is 0.577. The minimum atomic E-state index is -4.69. The molecule has 0 aromatic heterocycles. The van der Waals surface area contributed by atoms with Crippen molar-refractivity contribution in [2.75, 3.05) is 39.3 Å². The van der Waals surface area contributed by atoms with Gasteiger partial charge in [-0.25, -0.2) is 14.4 Å². The zero-order valence-corrected chi connectivity index (χ0v) is 22.4. The summed E-state index contributed by atoms with van der Waals surface area (Å²) in [5.41, 5.74) is -0.899. The molecule has 1 fully saturated rings. The van der Waals surface area contributed by atoms with Crippen molar-refractivity contribution in [1.82, 2.24) is 25.3 Å². The molecule has 0 unspecified atom stereocenters. The molecule has 2 N–H and O–H groups in total. The molecular formula is C26H36F3N5O4. The van der Waals surface area contributed by atoms with Crippen molar-refractivity contribution in [3.8, 4) is 0 Å². The lowest BCUT2D eigenvalue weighted by Crippen LogP contribution is -2.58. The van der Waals surface area contributed by atoms with E-state index in [2.05, 4.69) is 10.6 Å². The minimum Gasteiger partial charge on any atom is -0.463 e. The average molecular weight is 540 g/mol. The molecule has 210 valence electrons. The number of rotatable bonds is 7. The molecule has 2 aliphatic heterocycles. The third kappa shape index (κ3) is 6.40. The molecule has 4 amide bonds. The third-order valence-electron chi connectivity index (χ3n) is 6.59. The number of nitrogens with one attached hydrogen (secondary N) is 2. The van der Waals surface area contributed by atoms with Gasteiger partial charge < -0.3 is 20.3 Å². The monoisotopic (exact) mass is 539 g/mol. The number of piperazine rings is 1. The number of carbonyl (C=O) groups excluding carboxylic acids is 3. The number of halogens is 3. The standard InChI is InChI=1S/C26H36F3N5O4/c1-6-33-20(15-32-12-13-34(17(5)14-32)24(36)30-16(3)4)21(23(35)38-7-2)22(31-25(33)37)18-10-8-9-11-19(18)26(27,28)29/h8-11,16-17,22H,6-7,12-15H2,1-5H3,(H,30,36)(H,31,37)/t17-,22-/m0/s1. The van der Waals surface area contributed by atoms with Crippen LogP contribution in [0.5, 0.6) is 0 Å². The van der Waals surface area contributed by atoms with Gasteiger partial charge in [-0.3, -0.25) is 9.80 Å². The Labute approximate surface area is 221 Å². The summed E-state index contributed by atoms with van der Waals surface area (Å²) in [7, 11) is 0. The molecule has 1 aromatic rings. The number of carbonyl (C=O) groups is 3. The molecule has 9 nitrogen and oxygen atoms in total. The van der Waals surface area contributed by atoms with Gasteiger partial charge in [0.2, 0.25) is 0 Å². The molecule has 0 spiro atoms. The highest BCUT2D eigenvalue weighted by Crippen LogP contribution is 2.39. The molecule has 0 aliphatic carbocycles. The molecule has 3 rings (SSSR count). The number of ether oxygens (including phenoxy) is 1. The molecule has 0 radical (unpaired) electrons. The number of esters is 1. The Morgan fingerprint density at radius 3 is 2.45 bits per heavy atom. The van der Waals surface area contributed by atoms with Crippen molar-refractivity contribution in [3.05, 3.63) is 46.7 Å². The van der Waals surface area contributed by atoms with Gasteiger partial charge in [0, 0.05) is 50.5 Å². The molecule has 2 heterocycles. The lowest BCUT2D eigenvalue weighted by atomic mass is 9.90. The van der Waals surface area contributed by atoms with Crippen LogP contribution in [0.15, 0.2) is 35.5 Å². The van der Waals surface area contributed by atoms with Gasteiger partial charge in [0.05, 0.1) is 23.8 Å². The lowest BCUT2D eigenvalue weighted by molar-refractivity contribution is -0.141. The van der Waals surface area contributed by atoms with Crippen LogP contribution in [-0.4, -0.2) is 84.1 Å². The van der Waals surface area contributed by atoms with Crippen LogP contribution in [0.1, 0.15) is 51.8 Å². The zero-order chi connectivity index (χ0) is 28.2. The fourth-order valence-electron chi connectivity index (χ4n) is 4.92. The molecule has 2 aliphatic rings. The van der Waals surface area contributed by atoms with Crippen molar-refractivity contribution in [3.63, 3.8) is 0 Å². The molecule has 0 bridgehead atoms. The summed E-state index contributed by atoms with van der Waals surface area (Å²) in [4.78, 5) is 44.0. The lowest BCUT2D eigenvalue weighted by Gasteiger charge is -2.43. The van der Waals surface area contributed by atoms with Crippen LogP contribution in [0.3, 0.4) is 0 Å². The normalized spacial score (nSPS) is 21.0. The number of benzene rings is 1. The second-order valence-corrected chi connectivity index (χ2v) is 9.67. The van der Waals surface area contributed by atoms with Gasteiger partial charge in [0.25, 0.3) is 0 Å². The first-order valence-electron chi connectivity index (χ1n) is 12.8. The average Bonchev–Trinajstić information content (AvgIpc) is 2.83.